The highest BCUT2D eigenvalue weighted by atomic mass is 16.5. The maximum Gasteiger partial charge on any atom is 0.325 e. The van der Waals surface area contributed by atoms with Crippen molar-refractivity contribution in [2.45, 2.75) is 13.8 Å². The van der Waals surface area contributed by atoms with E-state index >= 15 is 0 Å². The molecule has 0 aliphatic carbocycles. The third-order valence-electron chi connectivity index (χ3n) is 2.37. The molecule has 0 aliphatic heterocycles. The van der Waals surface area contributed by atoms with Gasteiger partial charge < -0.3 is 9.64 Å². The summed E-state index contributed by atoms with van der Waals surface area (Å²) in [5.74, 6) is -0.648. The van der Waals surface area contributed by atoms with Crippen molar-refractivity contribution in [1.82, 2.24) is 9.88 Å². The molecule has 17 heavy (non-hydrogen) atoms. The van der Waals surface area contributed by atoms with Crippen LogP contribution in [-0.4, -0.2) is 42.0 Å². The SMILES string of the molecule is CCN(CC(=O)OC)C(=O)c1ccc(C)nc1. The second kappa shape index (κ2) is 5.98. The van der Waals surface area contributed by atoms with E-state index in [4.69, 9.17) is 0 Å². The number of carbonyl (C=O) groups excluding carboxylic acids is 2. The van der Waals surface area contributed by atoms with E-state index in [1.165, 1.54) is 18.2 Å². The van der Waals surface area contributed by atoms with E-state index in [0.29, 0.717) is 12.1 Å². The Balaban J connectivity index is 2.78. The number of aromatic nitrogens is 1. The van der Waals surface area contributed by atoms with E-state index in [2.05, 4.69) is 9.72 Å². The minimum Gasteiger partial charge on any atom is -0.468 e. The summed E-state index contributed by atoms with van der Waals surface area (Å²) in [6.07, 6.45) is 1.51. The van der Waals surface area contributed by atoms with Crippen LogP contribution in [-0.2, 0) is 9.53 Å². The van der Waals surface area contributed by atoms with Crippen molar-refractivity contribution in [3.05, 3.63) is 29.6 Å². The molecular formula is C12H16N2O3. The first-order valence-electron chi connectivity index (χ1n) is 5.37. The van der Waals surface area contributed by atoms with Crippen LogP contribution in [0.5, 0.6) is 0 Å². The third kappa shape index (κ3) is 3.55. The van der Waals surface area contributed by atoms with Gasteiger partial charge in [-0.3, -0.25) is 14.6 Å². The van der Waals surface area contributed by atoms with Crippen LogP contribution < -0.4 is 0 Å². The third-order valence-corrected chi connectivity index (χ3v) is 2.37. The normalized spacial score (nSPS) is 9.82. The van der Waals surface area contributed by atoms with Gasteiger partial charge in [-0.25, -0.2) is 0 Å². The van der Waals surface area contributed by atoms with Crippen LogP contribution >= 0.6 is 0 Å². The van der Waals surface area contributed by atoms with E-state index in [0.717, 1.165) is 5.69 Å². The Morgan fingerprint density at radius 1 is 1.41 bits per heavy atom. The van der Waals surface area contributed by atoms with Gasteiger partial charge in [0.1, 0.15) is 6.54 Å². The number of rotatable bonds is 4. The van der Waals surface area contributed by atoms with Crippen LogP contribution in [0.15, 0.2) is 18.3 Å². The van der Waals surface area contributed by atoms with E-state index in [9.17, 15) is 9.59 Å². The predicted molar refractivity (Wildman–Crippen MR) is 62.6 cm³/mol. The lowest BCUT2D eigenvalue weighted by Crippen LogP contribution is -2.36. The molecule has 0 aromatic carbocycles. The van der Waals surface area contributed by atoms with Gasteiger partial charge in [0.2, 0.25) is 0 Å². The molecule has 0 N–H and O–H groups in total. The van der Waals surface area contributed by atoms with Crippen LogP contribution in [0.25, 0.3) is 0 Å². The molecule has 1 rings (SSSR count). The molecule has 0 radical (unpaired) electrons. The maximum absolute atomic E-state index is 12.0. The number of hydrogen-bond acceptors (Lipinski definition) is 4. The first-order valence-corrected chi connectivity index (χ1v) is 5.37. The first kappa shape index (κ1) is 13.2. The van der Waals surface area contributed by atoms with Gasteiger partial charge in [-0.1, -0.05) is 0 Å². The molecule has 0 unspecified atom stereocenters. The lowest BCUT2D eigenvalue weighted by Gasteiger charge is -2.19. The Kier molecular flexibility index (Phi) is 4.63. The van der Waals surface area contributed by atoms with Crippen molar-refractivity contribution in [3.63, 3.8) is 0 Å². The second-order valence-electron chi connectivity index (χ2n) is 3.58. The molecular weight excluding hydrogens is 220 g/mol. The quantitative estimate of drug-likeness (QED) is 0.732. The van der Waals surface area contributed by atoms with Gasteiger partial charge in [-0.15, -0.1) is 0 Å². The summed E-state index contributed by atoms with van der Waals surface area (Å²) >= 11 is 0. The summed E-state index contributed by atoms with van der Waals surface area (Å²) in [7, 11) is 1.30. The van der Waals surface area contributed by atoms with Crippen LogP contribution in [0.1, 0.15) is 23.0 Å². The molecule has 5 heteroatoms. The minimum absolute atomic E-state index is 0.0420. The number of carbonyl (C=O) groups is 2. The number of esters is 1. The summed E-state index contributed by atoms with van der Waals surface area (Å²) in [6, 6.07) is 3.46. The number of hydrogen-bond donors (Lipinski definition) is 0. The Morgan fingerprint density at radius 3 is 2.59 bits per heavy atom. The minimum atomic E-state index is -0.430. The zero-order chi connectivity index (χ0) is 12.8. The summed E-state index contributed by atoms with van der Waals surface area (Å²) in [5.41, 5.74) is 1.32. The van der Waals surface area contributed by atoms with Gasteiger partial charge in [0.15, 0.2) is 0 Å². The average Bonchev–Trinajstić information content (AvgIpc) is 2.35. The molecule has 0 atom stereocenters. The van der Waals surface area contributed by atoms with Crippen molar-refractivity contribution in [1.29, 1.82) is 0 Å². The Labute approximate surface area is 100 Å². The molecule has 92 valence electrons. The van der Waals surface area contributed by atoms with Crippen LogP contribution in [0.4, 0.5) is 0 Å². The number of pyridine rings is 1. The smallest absolute Gasteiger partial charge is 0.325 e. The topological polar surface area (TPSA) is 59.5 Å². The summed E-state index contributed by atoms with van der Waals surface area (Å²) in [5, 5.41) is 0. The number of amides is 1. The van der Waals surface area contributed by atoms with Gasteiger partial charge in [0.25, 0.3) is 5.91 Å². The number of likely N-dealkylation sites (N-methyl/N-ethyl adjacent to an activating group) is 1. The predicted octanol–water partition coefficient (Wildman–Crippen LogP) is 1.03. The molecule has 1 heterocycles. The Morgan fingerprint density at radius 2 is 2.12 bits per heavy atom. The fraction of sp³-hybridized carbons (Fsp3) is 0.417. The molecule has 1 amide bonds. The fourth-order valence-corrected chi connectivity index (χ4v) is 1.32. The van der Waals surface area contributed by atoms with Gasteiger partial charge in [-0.2, -0.15) is 0 Å². The molecule has 1 aromatic heterocycles. The largest absolute Gasteiger partial charge is 0.468 e. The number of ether oxygens (including phenoxy) is 1. The van der Waals surface area contributed by atoms with Crippen molar-refractivity contribution in [3.8, 4) is 0 Å². The Bertz CT molecular complexity index is 401. The molecule has 5 nitrogen and oxygen atoms in total. The summed E-state index contributed by atoms with van der Waals surface area (Å²) in [4.78, 5) is 28.6. The van der Waals surface area contributed by atoms with Crippen LogP contribution in [0, 0.1) is 6.92 Å². The monoisotopic (exact) mass is 236 g/mol. The molecule has 1 aromatic rings. The molecule has 0 aliphatic rings. The molecule has 0 saturated carbocycles. The number of aryl methyl sites for hydroxylation is 1. The average molecular weight is 236 g/mol. The van der Waals surface area contributed by atoms with Gasteiger partial charge in [0.05, 0.1) is 12.7 Å². The maximum atomic E-state index is 12.0. The lowest BCUT2D eigenvalue weighted by molar-refractivity contribution is -0.141. The van der Waals surface area contributed by atoms with Crippen molar-refractivity contribution in [2.75, 3.05) is 20.2 Å². The van der Waals surface area contributed by atoms with Gasteiger partial charge in [0, 0.05) is 18.4 Å². The lowest BCUT2D eigenvalue weighted by atomic mass is 10.2. The number of nitrogens with zero attached hydrogens (tertiary/aromatic N) is 2. The van der Waals surface area contributed by atoms with Crippen molar-refractivity contribution >= 4 is 11.9 Å². The summed E-state index contributed by atoms with van der Waals surface area (Å²) < 4.78 is 4.54. The van der Waals surface area contributed by atoms with E-state index in [1.54, 1.807) is 12.1 Å². The van der Waals surface area contributed by atoms with Crippen LogP contribution in [0.3, 0.4) is 0 Å². The van der Waals surface area contributed by atoms with Crippen molar-refractivity contribution in [2.24, 2.45) is 0 Å². The van der Waals surface area contributed by atoms with E-state index < -0.39 is 5.97 Å². The second-order valence-corrected chi connectivity index (χ2v) is 3.58. The fourth-order valence-electron chi connectivity index (χ4n) is 1.32. The van der Waals surface area contributed by atoms with E-state index in [1.807, 2.05) is 13.8 Å². The standard InChI is InChI=1S/C12H16N2O3/c1-4-14(8-11(15)17-3)12(16)10-6-5-9(2)13-7-10/h5-7H,4,8H2,1-3H3. The first-order chi connectivity index (χ1) is 8.08. The highest BCUT2D eigenvalue weighted by Gasteiger charge is 2.17. The zero-order valence-corrected chi connectivity index (χ0v) is 10.3. The molecule has 0 saturated heterocycles. The Hall–Kier alpha value is -1.91. The zero-order valence-electron chi connectivity index (χ0n) is 10.3. The van der Waals surface area contributed by atoms with Gasteiger partial charge in [-0.05, 0) is 26.0 Å². The summed E-state index contributed by atoms with van der Waals surface area (Å²) in [6.45, 7) is 4.06. The van der Waals surface area contributed by atoms with Gasteiger partial charge >= 0.3 is 5.97 Å². The molecule has 0 bridgehead atoms. The molecule has 0 spiro atoms. The highest BCUT2D eigenvalue weighted by Crippen LogP contribution is 2.04. The molecule has 0 fully saturated rings. The van der Waals surface area contributed by atoms with E-state index in [-0.39, 0.29) is 12.5 Å². The highest BCUT2D eigenvalue weighted by molar-refractivity contribution is 5.95. The van der Waals surface area contributed by atoms with Crippen molar-refractivity contribution < 1.29 is 14.3 Å². The van der Waals surface area contributed by atoms with Crippen LogP contribution in [0.2, 0.25) is 0 Å². The number of methoxy groups -OCH3 is 1.